The van der Waals surface area contributed by atoms with Crippen molar-refractivity contribution in [1.82, 2.24) is 20.3 Å². The van der Waals surface area contributed by atoms with Crippen LogP contribution in [0.5, 0.6) is 0 Å². The molecule has 1 aromatic carbocycles. The number of rotatable bonds is 5. The van der Waals surface area contributed by atoms with Gasteiger partial charge in [0.2, 0.25) is 0 Å². The maximum Gasteiger partial charge on any atom is 0.194 e. The highest BCUT2D eigenvalue weighted by Crippen LogP contribution is 2.16. The van der Waals surface area contributed by atoms with Gasteiger partial charge in [0.15, 0.2) is 5.96 Å². The quantitative estimate of drug-likeness (QED) is 0.660. The van der Waals surface area contributed by atoms with E-state index in [1.54, 1.807) is 6.26 Å². The number of aliphatic imine (C=N–C) groups is 1. The summed E-state index contributed by atoms with van der Waals surface area (Å²) in [5.41, 5.74) is 3.67. The predicted molar refractivity (Wildman–Crippen MR) is 104 cm³/mol. The number of benzene rings is 1. The van der Waals surface area contributed by atoms with Crippen LogP contribution in [0.1, 0.15) is 36.6 Å². The molecule has 0 radical (unpaired) electrons. The van der Waals surface area contributed by atoms with Gasteiger partial charge in [-0.1, -0.05) is 43.3 Å². The van der Waals surface area contributed by atoms with Crippen LogP contribution < -0.4 is 5.32 Å². The van der Waals surface area contributed by atoms with Gasteiger partial charge in [0.1, 0.15) is 12.0 Å². The van der Waals surface area contributed by atoms with E-state index in [1.165, 1.54) is 11.1 Å². The van der Waals surface area contributed by atoms with Gasteiger partial charge < -0.3 is 14.7 Å². The molecule has 0 amide bonds. The van der Waals surface area contributed by atoms with E-state index >= 15 is 0 Å². The van der Waals surface area contributed by atoms with Gasteiger partial charge in [-0.2, -0.15) is 0 Å². The van der Waals surface area contributed by atoms with Crippen LogP contribution in [-0.2, 0) is 13.1 Å². The Morgan fingerprint density at radius 3 is 2.46 bits per heavy atom. The third kappa shape index (κ3) is 4.85. The standard InChI is InChI=1S/C20H29N5O/c1-16(2)18-6-4-17(5-7-18)15-24-9-11-25(12-10-24)20(21-3)22-14-19-8-13-26-23-19/h4-8,13,16H,9-12,14-15H2,1-3H3,(H,21,22). The van der Waals surface area contributed by atoms with Crippen LogP contribution in [0.3, 0.4) is 0 Å². The highest BCUT2D eigenvalue weighted by Gasteiger charge is 2.19. The first-order chi connectivity index (χ1) is 12.7. The van der Waals surface area contributed by atoms with Crippen LogP contribution in [-0.4, -0.2) is 54.1 Å². The lowest BCUT2D eigenvalue weighted by Gasteiger charge is -2.36. The summed E-state index contributed by atoms with van der Waals surface area (Å²) in [7, 11) is 1.83. The van der Waals surface area contributed by atoms with Gasteiger partial charge in [-0.05, 0) is 17.0 Å². The van der Waals surface area contributed by atoms with Crippen LogP contribution in [0.2, 0.25) is 0 Å². The van der Waals surface area contributed by atoms with E-state index < -0.39 is 0 Å². The molecule has 2 aromatic rings. The molecule has 0 spiro atoms. The fourth-order valence-corrected chi connectivity index (χ4v) is 3.21. The molecule has 6 nitrogen and oxygen atoms in total. The van der Waals surface area contributed by atoms with Crippen molar-refractivity contribution >= 4 is 5.96 Å². The van der Waals surface area contributed by atoms with Gasteiger partial charge in [-0.3, -0.25) is 9.89 Å². The van der Waals surface area contributed by atoms with Gasteiger partial charge in [-0.25, -0.2) is 0 Å². The molecule has 26 heavy (non-hydrogen) atoms. The number of piperazine rings is 1. The third-order valence-electron chi connectivity index (χ3n) is 4.86. The molecular formula is C20H29N5O. The van der Waals surface area contributed by atoms with Crippen LogP contribution in [0.15, 0.2) is 46.1 Å². The largest absolute Gasteiger partial charge is 0.364 e. The van der Waals surface area contributed by atoms with Crippen molar-refractivity contribution in [1.29, 1.82) is 0 Å². The summed E-state index contributed by atoms with van der Waals surface area (Å²) in [5, 5.41) is 7.28. The highest BCUT2D eigenvalue weighted by molar-refractivity contribution is 5.79. The molecule has 0 saturated carbocycles. The summed E-state index contributed by atoms with van der Waals surface area (Å²) in [6.45, 7) is 10.1. The van der Waals surface area contributed by atoms with Crippen molar-refractivity contribution in [2.24, 2.45) is 4.99 Å². The summed E-state index contributed by atoms with van der Waals surface area (Å²) in [6.07, 6.45) is 1.59. The second-order valence-corrected chi connectivity index (χ2v) is 7.05. The Bertz CT molecular complexity index is 686. The van der Waals surface area contributed by atoms with E-state index in [-0.39, 0.29) is 0 Å². The van der Waals surface area contributed by atoms with E-state index in [9.17, 15) is 0 Å². The SMILES string of the molecule is CN=C(NCc1ccon1)N1CCN(Cc2ccc(C(C)C)cc2)CC1. The lowest BCUT2D eigenvalue weighted by atomic mass is 10.0. The zero-order valence-corrected chi connectivity index (χ0v) is 16.0. The minimum atomic E-state index is 0.587. The molecule has 2 heterocycles. The molecule has 1 aromatic heterocycles. The lowest BCUT2D eigenvalue weighted by Crippen LogP contribution is -2.52. The molecule has 1 saturated heterocycles. The Balaban J connectivity index is 1.47. The number of hydrogen-bond acceptors (Lipinski definition) is 4. The van der Waals surface area contributed by atoms with E-state index in [4.69, 9.17) is 4.52 Å². The molecule has 1 N–H and O–H groups in total. The van der Waals surface area contributed by atoms with Crippen LogP contribution >= 0.6 is 0 Å². The number of hydrogen-bond donors (Lipinski definition) is 1. The summed E-state index contributed by atoms with van der Waals surface area (Å²) in [5.74, 6) is 1.51. The van der Waals surface area contributed by atoms with Crippen LogP contribution in [0, 0.1) is 0 Å². The lowest BCUT2D eigenvalue weighted by molar-refractivity contribution is 0.172. The highest BCUT2D eigenvalue weighted by atomic mass is 16.5. The van der Waals surface area contributed by atoms with Crippen molar-refractivity contribution in [2.75, 3.05) is 33.2 Å². The predicted octanol–water partition coefficient (Wildman–Crippen LogP) is 2.69. The van der Waals surface area contributed by atoms with Gasteiger partial charge in [-0.15, -0.1) is 0 Å². The Morgan fingerprint density at radius 2 is 1.88 bits per heavy atom. The first kappa shape index (κ1) is 18.5. The fraction of sp³-hybridized carbons (Fsp3) is 0.500. The van der Waals surface area contributed by atoms with Crippen molar-refractivity contribution in [3.8, 4) is 0 Å². The molecule has 0 unspecified atom stereocenters. The van der Waals surface area contributed by atoms with Crippen molar-refractivity contribution in [2.45, 2.75) is 32.9 Å². The first-order valence-electron chi connectivity index (χ1n) is 9.31. The molecule has 140 valence electrons. The number of aromatic nitrogens is 1. The van der Waals surface area contributed by atoms with Crippen LogP contribution in [0.25, 0.3) is 0 Å². The molecule has 3 rings (SSSR count). The van der Waals surface area contributed by atoms with Crippen molar-refractivity contribution in [3.63, 3.8) is 0 Å². The maximum atomic E-state index is 4.87. The average molecular weight is 355 g/mol. The van der Waals surface area contributed by atoms with Crippen LogP contribution in [0.4, 0.5) is 0 Å². The second-order valence-electron chi connectivity index (χ2n) is 7.05. The Morgan fingerprint density at radius 1 is 1.15 bits per heavy atom. The number of guanidine groups is 1. The summed E-state index contributed by atoms with van der Waals surface area (Å²) in [4.78, 5) is 9.21. The second kappa shape index (κ2) is 8.85. The Kier molecular flexibility index (Phi) is 6.28. The molecule has 6 heteroatoms. The third-order valence-corrected chi connectivity index (χ3v) is 4.86. The fourth-order valence-electron chi connectivity index (χ4n) is 3.21. The molecule has 0 aliphatic carbocycles. The molecule has 0 atom stereocenters. The Labute approximate surface area is 155 Å². The maximum absolute atomic E-state index is 4.87. The van der Waals surface area contributed by atoms with E-state index in [0.29, 0.717) is 12.5 Å². The van der Waals surface area contributed by atoms with E-state index in [1.807, 2.05) is 13.1 Å². The summed E-state index contributed by atoms with van der Waals surface area (Å²) in [6, 6.07) is 10.9. The van der Waals surface area contributed by atoms with Gasteiger partial charge in [0.05, 0.1) is 6.54 Å². The number of nitrogens with one attached hydrogen (secondary N) is 1. The van der Waals surface area contributed by atoms with Gasteiger partial charge >= 0.3 is 0 Å². The smallest absolute Gasteiger partial charge is 0.194 e. The zero-order valence-electron chi connectivity index (χ0n) is 16.0. The average Bonchev–Trinajstić information content (AvgIpc) is 3.17. The van der Waals surface area contributed by atoms with Crippen molar-refractivity contribution in [3.05, 3.63) is 53.4 Å². The van der Waals surface area contributed by atoms with Crippen molar-refractivity contribution < 1.29 is 4.52 Å². The minimum Gasteiger partial charge on any atom is -0.364 e. The minimum absolute atomic E-state index is 0.587. The van der Waals surface area contributed by atoms with E-state index in [0.717, 1.165) is 44.4 Å². The van der Waals surface area contributed by atoms with E-state index in [2.05, 4.69) is 63.4 Å². The molecule has 1 aliphatic rings. The topological polar surface area (TPSA) is 56.9 Å². The summed E-state index contributed by atoms with van der Waals surface area (Å²) < 4.78 is 4.87. The number of nitrogens with zero attached hydrogens (tertiary/aromatic N) is 4. The normalized spacial score (nSPS) is 16.3. The zero-order chi connectivity index (χ0) is 18.4. The van der Waals surface area contributed by atoms with Gasteiger partial charge in [0.25, 0.3) is 0 Å². The monoisotopic (exact) mass is 355 g/mol. The summed E-state index contributed by atoms with van der Waals surface area (Å²) >= 11 is 0. The molecule has 1 aliphatic heterocycles. The molecule has 1 fully saturated rings. The molecule has 0 bridgehead atoms. The Hall–Kier alpha value is -2.34. The van der Waals surface area contributed by atoms with Gasteiger partial charge in [0, 0.05) is 45.8 Å². The first-order valence-corrected chi connectivity index (χ1v) is 9.31. The molecular weight excluding hydrogens is 326 g/mol.